The van der Waals surface area contributed by atoms with Crippen LogP contribution in [0.25, 0.3) is 0 Å². The Kier molecular flexibility index (Phi) is 7.85. The van der Waals surface area contributed by atoms with E-state index in [2.05, 4.69) is 9.39 Å². The molecule has 0 rings (SSSR count). The van der Waals surface area contributed by atoms with Gasteiger partial charge < -0.3 is 5.48 Å². The van der Waals surface area contributed by atoms with Crippen LogP contribution in [0.5, 0.6) is 0 Å². The van der Waals surface area contributed by atoms with Gasteiger partial charge >= 0.3 is 0 Å². The first-order chi connectivity index (χ1) is 1.73. The number of hydrogen-bond acceptors (Lipinski definition) is 1. The topological polar surface area (TPSA) is 34.7 Å². The second kappa shape index (κ2) is 4.35. The van der Waals surface area contributed by atoms with Gasteiger partial charge in [-0.1, -0.05) is 9.39 Å². The molecule has 0 spiro atoms. The van der Waals surface area contributed by atoms with Crippen molar-refractivity contribution in [1.29, 1.82) is 0 Å². The summed E-state index contributed by atoms with van der Waals surface area (Å²) in [6.45, 7) is 0. The lowest BCUT2D eigenvalue weighted by Gasteiger charge is -1.90. The number of hydrogen-bond donors (Lipinski definition) is 0. The van der Waals surface area contributed by atoms with Gasteiger partial charge in [0.15, 0.2) is 0 Å². The Hall–Kier alpha value is 0.350. The molecular formula is C2H10NOP. The molecule has 0 saturated heterocycles. The highest BCUT2D eigenvalue weighted by Gasteiger charge is 1.58. The summed E-state index contributed by atoms with van der Waals surface area (Å²) in [6.07, 6.45) is 0. The van der Waals surface area contributed by atoms with E-state index in [1.165, 1.54) is 0 Å². The zero-order valence-electron chi connectivity index (χ0n) is 3.52. The van der Waals surface area contributed by atoms with Crippen LogP contribution in [0.4, 0.5) is 0 Å². The van der Waals surface area contributed by atoms with Crippen LogP contribution in [0, 0.1) is 0 Å². The van der Waals surface area contributed by atoms with Gasteiger partial charge in [0.25, 0.3) is 0 Å². The fourth-order valence-electron chi connectivity index (χ4n) is 0. The van der Waals surface area contributed by atoms with Crippen LogP contribution < -0.4 is 0 Å². The third kappa shape index (κ3) is 196. The van der Waals surface area contributed by atoms with Gasteiger partial charge in [-0.15, -0.1) is 0 Å². The van der Waals surface area contributed by atoms with Gasteiger partial charge in [0.1, 0.15) is 0 Å². The Morgan fingerprint density at radius 3 is 1.40 bits per heavy atom. The molecule has 0 aliphatic rings. The fourth-order valence-corrected chi connectivity index (χ4v) is 0. The van der Waals surface area contributed by atoms with Crippen molar-refractivity contribution in [2.24, 2.45) is 0 Å². The third-order valence-corrected chi connectivity index (χ3v) is 0. The fraction of sp³-hybridized carbons (Fsp3) is 1.00. The molecule has 0 saturated carbocycles. The van der Waals surface area contributed by atoms with Crippen LogP contribution in [0.3, 0.4) is 0 Å². The zero-order valence-corrected chi connectivity index (χ0v) is 4.68. The molecule has 2 nitrogen and oxygen atoms in total. The molecule has 1 atom stereocenters. The monoisotopic (exact) mass is 95.1 g/mol. The predicted molar refractivity (Wildman–Crippen MR) is 27.0 cm³/mol. The van der Waals surface area contributed by atoms with Crippen molar-refractivity contribution in [2.45, 2.75) is 0 Å². The lowest BCUT2D eigenvalue weighted by Crippen LogP contribution is -1.88. The summed E-state index contributed by atoms with van der Waals surface area (Å²) in [4.78, 5) is 0. The summed E-state index contributed by atoms with van der Waals surface area (Å²) in [6, 6.07) is 0. The Bertz CT molecular complexity index is 14.4. The van der Waals surface area contributed by atoms with Gasteiger partial charge in [-0.05, 0) is 14.1 Å². The highest BCUT2D eigenvalue weighted by atomic mass is 31.0. The van der Waals surface area contributed by atoms with Gasteiger partial charge in [-0.25, -0.2) is 0 Å². The summed E-state index contributed by atoms with van der Waals surface area (Å²) in [7, 11) is 6.42. The maximum Gasteiger partial charge on any atom is -0.0102 e. The lowest BCUT2D eigenvalue weighted by molar-refractivity contribution is 0.703. The van der Waals surface area contributed by atoms with Crippen molar-refractivity contribution < 1.29 is 5.48 Å². The van der Waals surface area contributed by atoms with Crippen LogP contribution in [-0.2, 0) is 0 Å². The minimum atomic E-state index is 0. The lowest BCUT2D eigenvalue weighted by atomic mass is 11.3. The van der Waals surface area contributed by atoms with Gasteiger partial charge in [0.2, 0.25) is 0 Å². The van der Waals surface area contributed by atoms with Crippen LogP contribution in [0.2, 0.25) is 0 Å². The highest BCUT2D eigenvalue weighted by molar-refractivity contribution is 7.13. The van der Waals surface area contributed by atoms with Crippen LogP contribution in [0.1, 0.15) is 0 Å². The molecule has 0 aromatic carbocycles. The maximum atomic E-state index is 2.49. The Morgan fingerprint density at radius 2 is 1.40 bits per heavy atom. The van der Waals surface area contributed by atoms with Crippen molar-refractivity contribution in [1.82, 2.24) is 4.67 Å². The van der Waals surface area contributed by atoms with Crippen LogP contribution >= 0.6 is 9.39 Å². The number of nitrogens with zero attached hydrogens (tertiary/aromatic N) is 1. The van der Waals surface area contributed by atoms with E-state index in [0.29, 0.717) is 0 Å². The molecule has 0 radical (unpaired) electrons. The number of rotatable bonds is 0. The van der Waals surface area contributed by atoms with E-state index in [1.807, 2.05) is 18.8 Å². The molecule has 0 aromatic heterocycles. The first kappa shape index (κ1) is 9.02. The largest absolute Gasteiger partial charge is 0.412 e. The van der Waals surface area contributed by atoms with Crippen molar-refractivity contribution in [3.8, 4) is 0 Å². The summed E-state index contributed by atoms with van der Waals surface area (Å²) >= 11 is 0. The minimum absolute atomic E-state index is 0. The van der Waals surface area contributed by atoms with E-state index in [4.69, 9.17) is 0 Å². The zero-order chi connectivity index (χ0) is 3.58. The molecule has 2 N–H and O–H groups in total. The molecule has 3 heteroatoms. The molecular weight excluding hydrogens is 85.0 g/mol. The average molecular weight is 95.1 g/mol. The Morgan fingerprint density at radius 1 is 1.40 bits per heavy atom. The van der Waals surface area contributed by atoms with E-state index in [-0.39, 0.29) is 5.48 Å². The van der Waals surface area contributed by atoms with E-state index >= 15 is 0 Å². The average Bonchev–Trinajstić information content (AvgIpc) is 0.811. The molecule has 0 heterocycles. The SMILES string of the molecule is CN(C)P.O. The van der Waals surface area contributed by atoms with E-state index in [1.54, 1.807) is 0 Å². The van der Waals surface area contributed by atoms with Crippen molar-refractivity contribution in [3.63, 3.8) is 0 Å². The van der Waals surface area contributed by atoms with E-state index < -0.39 is 0 Å². The van der Waals surface area contributed by atoms with Crippen LogP contribution in [0.15, 0.2) is 0 Å². The molecule has 0 aliphatic heterocycles. The molecule has 0 amide bonds. The first-order valence-corrected chi connectivity index (χ1v) is 1.67. The van der Waals surface area contributed by atoms with Crippen molar-refractivity contribution in [2.75, 3.05) is 14.1 Å². The highest BCUT2D eigenvalue weighted by Crippen LogP contribution is 1.78. The second-order valence-electron chi connectivity index (χ2n) is 0.964. The first-order valence-electron chi connectivity index (χ1n) is 1.15. The summed E-state index contributed by atoms with van der Waals surface area (Å²) in [5.74, 6) is 0. The van der Waals surface area contributed by atoms with Gasteiger partial charge in [-0.2, -0.15) is 0 Å². The van der Waals surface area contributed by atoms with E-state index in [9.17, 15) is 0 Å². The molecule has 0 aliphatic carbocycles. The standard InChI is InChI=1S/C2H8NP.H2O/c1-3(2)4;/h4H2,1-2H3;1H2. The minimum Gasteiger partial charge on any atom is -0.412 e. The third-order valence-electron chi connectivity index (χ3n) is 0. The van der Waals surface area contributed by atoms with Crippen molar-refractivity contribution >= 4 is 9.39 Å². The van der Waals surface area contributed by atoms with E-state index in [0.717, 1.165) is 0 Å². The van der Waals surface area contributed by atoms with Gasteiger partial charge in [0, 0.05) is 0 Å². The van der Waals surface area contributed by atoms with Gasteiger partial charge in [-0.3, -0.25) is 4.67 Å². The predicted octanol–water partition coefficient (Wildman–Crippen LogP) is -0.487. The summed E-state index contributed by atoms with van der Waals surface area (Å²) in [5.41, 5.74) is 0. The molecule has 1 unspecified atom stereocenters. The summed E-state index contributed by atoms with van der Waals surface area (Å²) in [5, 5.41) is 0. The molecule has 0 fully saturated rings. The maximum absolute atomic E-state index is 2.49. The Labute approximate surface area is 34.7 Å². The smallest absolute Gasteiger partial charge is 0.0102 e. The molecule has 5 heavy (non-hydrogen) atoms. The summed E-state index contributed by atoms with van der Waals surface area (Å²) < 4.78 is 1.92. The quantitative estimate of drug-likeness (QED) is 0.374. The Balaban J connectivity index is 0. The van der Waals surface area contributed by atoms with Crippen LogP contribution in [-0.4, -0.2) is 24.2 Å². The molecule has 0 bridgehead atoms. The normalized spacial score (nSPS) is 7.20. The van der Waals surface area contributed by atoms with Gasteiger partial charge in [0.05, 0.1) is 0 Å². The molecule has 34 valence electrons. The second-order valence-corrected chi connectivity index (χ2v) is 2.00. The van der Waals surface area contributed by atoms with Crippen molar-refractivity contribution in [3.05, 3.63) is 0 Å². The molecule has 0 aromatic rings.